The molecular weight excluding hydrogens is 213 g/mol. The molecule has 0 aromatic heterocycles. The van der Waals surface area contributed by atoms with E-state index in [0.29, 0.717) is 0 Å². The number of nitrogens with zero attached hydrogens (tertiary/aromatic N) is 1. The molecule has 0 spiro atoms. The Morgan fingerprint density at radius 2 is 2.14 bits per heavy atom. The topological polar surface area (TPSA) is 102 Å². The highest BCUT2D eigenvalue weighted by Crippen LogP contribution is 2.42. The first-order chi connectivity index (χ1) is 6.39. The van der Waals surface area contributed by atoms with Crippen LogP contribution in [0, 0.1) is 4.91 Å². The van der Waals surface area contributed by atoms with Gasteiger partial charge in [0.1, 0.15) is 6.61 Å². The van der Waals surface area contributed by atoms with Crippen LogP contribution < -0.4 is 0 Å². The van der Waals surface area contributed by atoms with Gasteiger partial charge < -0.3 is 9.63 Å². The highest BCUT2D eigenvalue weighted by Gasteiger charge is 2.19. The van der Waals surface area contributed by atoms with Gasteiger partial charge in [-0.25, -0.2) is 9.36 Å². The predicted octanol–water partition coefficient (Wildman–Crippen LogP) is 0.989. The molecule has 8 heteroatoms. The van der Waals surface area contributed by atoms with E-state index < -0.39 is 13.7 Å². The summed E-state index contributed by atoms with van der Waals surface area (Å²) >= 11 is 0. The molecule has 0 aliphatic heterocycles. The van der Waals surface area contributed by atoms with Crippen LogP contribution in [-0.4, -0.2) is 24.1 Å². The van der Waals surface area contributed by atoms with Crippen molar-refractivity contribution in [2.24, 2.45) is 4.95 Å². The van der Waals surface area contributed by atoms with E-state index in [1.54, 1.807) is 0 Å². The van der Waals surface area contributed by atoms with Crippen LogP contribution >= 0.6 is 7.75 Å². The largest absolute Gasteiger partial charge is 0.487 e. The molecule has 0 heterocycles. The van der Waals surface area contributed by atoms with E-state index in [2.05, 4.69) is 15.8 Å². The van der Waals surface area contributed by atoms with Crippen molar-refractivity contribution in [1.82, 2.24) is 0 Å². The molecule has 1 N–H and O–H groups in total. The first-order valence-corrected chi connectivity index (χ1v) is 5.07. The van der Waals surface area contributed by atoms with Crippen molar-refractivity contribution >= 4 is 13.7 Å². The van der Waals surface area contributed by atoms with Crippen LogP contribution in [0.3, 0.4) is 0 Å². The lowest BCUT2D eigenvalue weighted by Crippen LogP contribution is -2.09. The van der Waals surface area contributed by atoms with Crippen molar-refractivity contribution in [3.05, 3.63) is 17.1 Å². The number of esters is 1. The maximum atomic E-state index is 10.7. The minimum atomic E-state index is -4.40. The number of nitroso groups, excluding NO2 is 1. The molecule has 0 aliphatic carbocycles. The van der Waals surface area contributed by atoms with Crippen molar-refractivity contribution in [2.45, 2.75) is 6.92 Å². The lowest BCUT2D eigenvalue weighted by Gasteiger charge is -2.05. The monoisotopic (exact) mass is 223 g/mol. The standard InChI is InChI=1S/C6H10NO6P/c1-5(2)6(8)12-3-4-13-14(10,11)7-9/h1,3-4H2,2H3,(H,10,11). The van der Waals surface area contributed by atoms with Crippen LogP contribution in [0.15, 0.2) is 17.1 Å². The zero-order valence-corrected chi connectivity index (χ0v) is 8.40. The smallest absolute Gasteiger partial charge is 0.460 e. The minimum Gasteiger partial charge on any atom is -0.460 e. The third-order valence-corrected chi connectivity index (χ3v) is 1.75. The van der Waals surface area contributed by atoms with Crippen molar-refractivity contribution in [3.63, 3.8) is 0 Å². The van der Waals surface area contributed by atoms with E-state index in [0.717, 1.165) is 0 Å². The van der Waals surface area contributed by atoms with Gasteiger partial charge in [0, 0.05) is 10.5 Å². The van der Waals surface area contributed by atoms with Crippen LogP contribution in [0.2, 0.25) is 0 Å². The molecule has 0 saturated heterocycles. The molecule has 1 unspecified atom stereocenters. The van der Waals surface area contributed by atoms with E-state index in [-0.39, 0.29) is 18.8 Å². The van der Waals surface area contributed by atoms with Gasteiger partial charge in [0.2, 0.25) is 0 Å². The third-order valence-electron chi connectivity index (χ3n) is 1.03. The number of carbonyl (C=O) groups is 1. The molecule has 0 rings (SSSR count). The lowest BCUT2D eigenvalue weighted by molar-refractivity contribution is -0.139. The predicted molar refractivity (Wildman–Crippen MR) is 47.3 cm³/mol. The molecule has 0 bridgehead atoms. The van der Waals surface area contributed by atoms with Gasteiger partial charge in [-0.3, -0.25) is 4.52 Å². The Labute approximate surface area is 80.3 Å². The maximum Gasteiger partial charge on any atom is 0.487 e. The second-order valence-electron chi connectivity index (χ2n) is 2.32. The fourth-order valence-corrected chi connectivity index (χ4v) is 0.797. The van der Waals surface area contributed by atoms with Gasteiger partial charge in [0.05, 0.1) is 6.61 Å². The molecule has 80 valence electrons. The first kappa shape index (κ1) is 13.0. The fourth-order valence-electron chi connectivity index (χ4n) is 0.437. The van der Waals surface area contributed by atoms with Gasteiger partial charge in [0.25, 0.3) is 0 Å². The molecule has 0 aromatic carbocycles. The average Bonchev–Trinajstić information content (AvgIpc) is 2.12. The Hall–Kier alpha value is -1.04. The molecule has 1 atom stereocenters. The summed E-state index contributed by atoms with van der Waals surface area (Å²) in [7, 11) is -4.40. The van der Waals surface area contributed by atoms with Gasteiger partial charge in [-0.15, -0.1) is 4.91 Å². The summed E-state index contributed by atoms with van der Waals surface area (Å²) in [6.45, 7) is 4.14. The van der Waals surface area contributed by atoms with E-state index in [4.69, 9.17) is 4.89 Å². The summed E-state index contributed by atoms with van der Waals surface area (Å²) in [4.78, 5) is 30.7. The SMILES string of the molecule is C=C(C)C(=O)OCCOP(=O)(O)N=O. The first-order valence-electron chi connectivity index (χ1n) is 3.54. The third kappa shape index (κ3) is 5.58. The quantitative estimate of drug-likeness (QED) is 0.237. The van der Waals surface area contributed by atoms with Crippen LogP contribution in [0.1, 0.15) is 6.92 Å². The number of hydrogen-bond acceptors (Lipinski definition) is 5. The van der Waals surface area contributed by atoms with Crippen LogP contribution in [0.4, 0.5) is 0 Å². The number of hydrogen-bond donors (Lipinski definition) is 1. The second kappa shape index (κ2) is 5.64. The van der Waals surface area contributed by atoms with Gasteiger partial charge >= 0.3 is 13.7 Å². The average molecular weight is 223 g/mol. The summed E-state index contributed by atoms with van der Waals surface area (Å²) in [5.41, 5.74) is 0.200. The van der Waals surface area contributed by atoms with Crippen molar-refractivity contribution < 1.29 is 23.5 Å². The minimum absolute atomic E-state index is 0.200. The molecule has 0 amide bonds. The van der Waals surface area contributed by atoms with Gasteiger partial charge in [-0.1, -0.05) is 6.58 Å². The number of rotatable bonds is 6. The Bertz CT molecular complexity index is 288. The molecule has 0 saturated carbocycles. The van der Waals surface area contributed by atoms with Crippen LogP contribution in [-0.2, 0) is 18.6 Å². The van der Waals surface area contributed by atoms with E-state index in [1.807, 2.05) is 4.95 Å². The highest BCUT2D eigenvalue weighted by molar-refractivity contribution is 7.51. The zero-order valence-electron chi connectivity index (χ0n) is 7.50. The summed E-state index contributed by atoms with van der Waals surface area (Å²) in [5, 5.41) is 0. The summed E-state index contributed by atoms with van der Waals surface area (Å²) in [6, 6.07) is 0. The zero-order chi connectivity index (χ0) is 11.2. The Morgan fingerprint density at radius 3 is 2.57 bits per heavy atom. The van der Waals surface area contributed by atoms with Gasteiger partial charge in [-0.05, 0) is 6.92 Å². The van der Waals surface area contributed by atoms with Gasteiger partial charge in [-0.2, -0.15) is 0 Å². The highest BCUT2D eigenvalue weighted by atomic mass is 31.2. The maximum absolute atomic E-state index is 10.7. The molecule has 7 nitrogen and oxygen atoms in total. The Balaban J connectivity index is 3.67. The molecule has 0 aromatic rings. The summed E-state index contributed by atoms with van der Waals surface area (Å²) in [5.74, 6) is -0.638. The molecule has 14 heavy (non-hydrogen) atoms. The van der Waals surface area contributed by atoms with Crippen molar-refractivity contribution in [3.8, 4) is 0 Å². The van der Waals surface area contributed by atoms with Crippen LogP contribution in [0.25, 0.3) is 0 Å². The number of ether oxygens (including phenoxy) is 1. The molecule has 0 radical (unpaired) electrons. The van der Waals surface area contributed by atoms with E-state index in [9.17, 15) is 14.3 Å². The summed E-state index contributed by atoms with van der Waals surface area (Å²) in [6.07, 6.45) is 0. The Kier molecular flexibility index (Phi) is 5.22. The molecule has 0 aliphatic rings. The van der Waals surface area contributed by atoms with Crippen molar-refractivity contribution in [2.75, 3.05) is 13.2 Å². The number of carbonyl (C=O) groups excluding carboxylic acids is 1. The van der Waals surface area contributed by atoms with E-state index >= 15 is 0 Å². The normalized spacial score (nSPS) is 14.1. The Morgan fingerprint density at radius 1 is 1.57 bits per heavy atom. The fraction of sp³-hybridized carbons (Fsp3) is 0.500. The lowest BCUT2D eigenvalue weighted by atomic mass is 10.4. The molecule has 0 fully saturated rings. The summed E-state index contributed by atoms with van der Waals surface area (Å²) < 4.78 is 19.1. The second-order valence-corrected chi connectivity index (χ2v) is 3.72. The molecular formula is C6H10NO6P. The van der Waals surface area contributed by atoms with Gasteiger partial charge in [0.15, 0.2) is 0 Å². The van der Waals surface area contributed by atoms with E-state index in [1.165, 1.54) is 6.92 Å². The van der Waals surface area contributed by atoms with Crippen molar-refractivity contribution in [1.29, 1.82) is 0 Å². The van der Waals surface area contributed by atoms with Crippen LogP contribution in [0.5, 0.6) is 0 Å².